The van der Waals surface area contributed by atoms with E-state index in [1.807, 2.05) is 13.0 Å². The summed E-state index contributed by atoms with van der Waals surface area (Å²) in [6.45, 7) is 4.16. The zero-order valence-corrected chi connectivity index (χ0v) is 13.6. The Morgan fingerprint density at radius 1 is 1.24 bits per heavy atom. The number of carbonyl (C=O) groups is 2. The molecule has 0 aliphatic heterocycles. The van der Waals surface area contributed by atoms with Crippen LogP contribution in [-0.2, 0) is 17.6 Å². The van der Waals surface area contributed by atoms with Crippen LogP contribution in [0.5, 0.6) is 0 Å². The number of aryl methyl sites for hydroxylation is 2. The molecule has 0 radical (unpaired) electrons. The van der Waals surface area contributed by atoms with E-state index in [1.165, 1.54) is 36.1 Å². The molecule has 21 heavy (non-hydrogen) atoms. The number of rotatable bonds is 4. The maximum atomic E-state index is 12.3. The van der Waals surface area contributed by atoms with Crippen LogP contribution in [0.1, 0.15) is 59.6 Å². The highest BCUT2D eigenvalue weighted by atomic mass is 32.1. The van der Waals surface area contributed by atoms with Crippen LogP contribution in [0.15, 0.2) is 6.07 Å². The third kappa shape index (κ3) is 4.30. The molecule has 0 unspecified atom stereocenters. The molecule has 5 heteroatoms. The molecule has 2 N–H and O–H groups in total. The maximum absolute atomic E-state index is 12.3. The van der Waals surface area contributed by atoms with E-state index in [0.29, 0.717) is 6.54 Å². The number of thiophene rings is 1. The van der Waals surface area contributed by atoms with Gasteiger partial charge in [-0.3, -0.25) is 9.59 Å². The molecule has 4 nitrogen and oxygen atoms in total. The van der Waals surface area contributed by atoms with Crippen LogP contribution in [0, 0.1) is 0 Å². The largest absolute Gasteiger partial charge is 0.355 e. The third-order valence-corrected chi connectivity index (χ3v) is 5.05. The summed E-state index contributed by atoms with van der Waals surface area (Å²) in [5, 5.41) is 5.50. The first-order valence-electron chi connectivity index (χ1n) is 7.82. The van der Waals surface area contributed by atoms with Gasteiger partial charge in [-0.05, 0) is 51.2 Å². The van der Waals surface area contributed by atoms with Crippen LogP contribution in [0.4, 0.5) is 0 Å². The lowest BCUT2D eigenvalue weighted by molar-refractivity contribution is -0.122. The van der Waals surface area contributed by atoms with Gasteiger partial charge in [0, 0.05) is 11.4 Å². The van der Waals surface area contributed by atoms with Gasteiger partial charge in [0.1, 0.15) is 6.04 Å². The molecule has 1 aromatic heterocycles. The van der Waals surface area contributed by atoms with E-state index in [4.69, 9.17) is 0 Å². The molecule has 1 heterocycles. The average molecular weight is 308 g/mol. The first-order valence-corrected chi connectivity index (χ1v) is 8.63. The second-order valence-corrected chi connectivity index (χ2v) is 6.70. The summed E-state index contributed by atoms with van der Waals surface area (Å²) in [5.41, 5.74) is 1.33. The minimum absolute atomic E-state index is 0.134. The molecule has 0 bridgehead atoms. The Morgan fingerprint density at radius 3 is 2.67 bits per heavy atom. The number of nitrogens with one attached hydrogen (secondary N) is 2. The van der Waals surface area contributed by atoms with Gasteiger partial charge in [-0.25, -0.2) is 0 Å². The van der Waals surface area contributed by atoms with Gasteiger partial charge in [0.2, 0.25) is 5.91 Å². The van der Waals surface area contributed by atoms with Crippen molar-refractivity contribution in [3.63, 3.8) is 0 Å². The van der Waals surface area contributed by atoms with Crippen molar-refractivity contribution < 1.29 is 9.59 Å². The second-order valence-electron chi connectivity index (χ2n) is 5.56. The van der Waals surface area contributed by atoms with Crippen LogP contribution in [0.2, 0.25) is 0 Å². The first-order chi connectivity index (χ1) is 10.1. The summed E-state index contributed by atoms with van der Waals surface area (Å²) < 4.78 is 0. The van der Waals surface area contributed by atoms with Crippen molar-refractivity contribution >= 4 is 23.2 Å². The van der Waals surface area contributed by atoms with Gasteiger partial charge in [-0.2, -0.15) is 0 Å². The van der Waals surface area contributed by atoms with E-state index in [-0.39, 0.29) is 11.8 Å². The van der Waals surface area contributed by atoms with Gasteiger partial charge in [0.15, 0.2) is 0 Å². The highest BCUT2D eigenvalue weighted by Gasteiger charge is 2.19. The minimum Gasteiger partial charge on any atom is -0.355 e. The summed E-state index contributed by atoms with van der Waals surface area (Å²) in [7, 11) is 0. The van der Waals surface area contributed by atoms with Crippen LogP contribution in [-0.4, -0.2) is 24.4 Å². The van der Waals surface area contributed by atoms with E-state index in [9.17, 15) is 9.59 Å². The lowest BCUT2D eigenvalue weighted by Crippen LogP contribution is -2.44. The zero-order chi connectivity index (χ0) is 15.2. The smallest absolute Gasteiger partial charge is 0.262 e. The fraction of sp³-hybridized carbons (Fsp3) is 0.625. The molecular weight excluding hydrogens is 284 g/mol. The fourth-order valence-electron chi connectivity index (χ4n) is 2.62. The minimum atomic E-state index is -0.498. The molecule has 1 aliphatic rings. The molecule has 1 aliphatic carbocycles. The number of carbonyl (C=O) groups excluding carboxylic acids is 2. The topological polar surface area (TPSA) is 58.2 Å². The highest BCUT2D eigenvalue weighted by Crippen LogP contribution is 2.28. The second kappa shape index (κ2) is 7.59. The summed E-state index contributed by atoms with van der Waals surface area (Å²) >= 11 is 1.59. The van der Waals surface area contributed by atoms with Crippen molar-refractivity contribution in [2.45, 2.75) is 58.4 Å². The van der Waals surface area contributed by atoms with Crippen molar-refractivity contribution in [1.29, 1.82) is 0 Å². The average Bonchev–Trinajstić information content (AvgIpc) is 2.81. The normalized spacial score (nSPS) is 16.3. The highest BCUT2D eigenvalue weighted by molar-refractivity contribution is 7.14. The molecule has 2 amide bonds. The monoisotopic (exact) mass is 308 g/mol. The van der Waals surface area contributed by atoms with Crippen molar-refractivity contribution in [2.75, 3.05) is 6.54 Å². The summed E-state index contributed by atoms with van der Waals surface area (Å²) in [4.78, 5) is 26.0. The molecule has 0 aromatic carbocycles. The Balaban J connectivity index is 2.02. The number of amides is 2. The Morgan fingerprint density at radius 2 is 1.95 bits per heavy atom. The summed E-state index contributed by atoms with van der Waals surface area (Å²) in [6, 6.07) is 1.52. The SMILES string of the molecule is CCNC(=O)[C@@H](C)NC(=O)c1cc2c(s1)CCCCCC2. The summed E-state index contributed by atoms with van der Waals surface area (Å²) in [6.07, 6.45) is 7.15. The third-order valence-electron chi connectivity index (χ3n) is 3.81. The lowest BCUT2D eigenvalue weighted by atomic mass is 10.00. The van der Waals surface area contributed by atoms with Gasteiger partial charge >= 0.3 is 0 Å². The number of likely N-dealkylation sites (N-methyl/N-ethyl adjacent to an activating group) is 1. The fourth-order valence-corrected chi connectivity index (χ4v) is 3.77. The van der Waals surface area contributed by atoms with Crippen LogP contribution in [0.3, 0.4) is 0 Å². The predicted molar refractivity (Wildman–Crippen MR) is 85.8 cm³/mol. The molecular formula is C16H24N2O2S. The van der Waals surface area contributed by atoms with Crippen molar-refractivity contribution in [3.05, 3.63) is 21.4 Å². The predicted octanol–water partition coefficient (Wildman–Crippen LogP) is 2.66. The standard InChI is InChI=1S/C16H24N2O2S/c1-3-17-15(19)11(2)18-16(20)14-10-12-8-6-4-5-7-9-13(12)21-14/h10-11H,3-9H2,1-2H3,(H,17,19)(H,18,20)/t11-/m1/s1. The molecule has 1 atom stereocenters. The van der Waals surface area contributed by atoms with E-state index < -0.39 is 6.04 Å². The Hall–Kier alpha value is -1.36. The quantitative estimate of drug-likeness (QED) is 0.898. The first kappa shape index (κ1) is 16.0. The van der Waals surface area contributed by atoms with Crippen molar-refractivity contribution in [2.24, 2.45) is 0 Å². The van der Waals surface area contributed by atoms with Crippen LogP contribution < -0.4 is 10.6 Å². The zero-order valence-electron chi connectivity index (χ0n) is 12.8. The molecule has 1 aromatic rings. The van der Waals surface area contributed by atoms with Crippen molar-refractivity contribution in [1.82, 2.24) is 10.6 Å². The Labute approximate surface area is 130 Å². The molecule has 0 saturated heterocycles. The van der Waals surface area contributed by atoms with E-state index in [0.717, 1.165) is 17.7 Å². The van der Waals surface area contributed by atoms with Gasteiger partial charge in [0.25, 0.3) is 5.91 Å². The number of hydrogen-bond donors (Lipinski definition) is 2. The molecule has 2 rings (SSSR count). The van der Waals surface area contributed by atoms with Gasteiger partial charge < -0.3 is 10.6 Å². The molecule has 0 saturated carbocycles. The van der Waals surface area contributed by atoms with E-state index in [2.05, 4.69) is 10.6 Å². The molecule has 116 valence electrons. The van der Waals surface area contributed by atoms with Crippen LogP contribution >= 0.6 is 11.3 Å². The summed E-state index contributed by atoms with van der Waals surface area (Å²) in [5.74, 6) is -0.272. The van der Waals surface area contributed by atoms with E-state index in [1.54, 1.807) is 18.3 Å². The number of fused-ring (bicyclic) bond motifs is 1. The van der Waals surface area contributed by atoms with Crippen LogP contribution in [0.25, 0.3) is 0 Å². The van der Waals surface area contributed by atoms with E-state index >= 15 is 0 Å². The maximum Gasteiger partial charge on any atom is 0.262 e. The van der Waals surface area contributed by atoms with Crippen molar-refractivity contribution in [3.8, 4) is 0 Å². The number of hydrogen-bond acceptors (Lipinski definition) is 3. The lowest BCUT2D eigenvalue weighted by Gasteiger charge is -2.12. The van der Waals surface area contributed by atoms with Gasteiger partial charge in [-0.15, -0.1) is 11.3 Å². The molecule has 0 spiro atoms. The Bertz CT molecular complexity index is 485. The van der Waals surface area contributed by atoms with Gasteiger partial charge in [0.05, 0.1) is 4.88 Å². The molecule has 0 fully saturated rings. The Kier molecular flexibility index (Phi) is 5.79. The van der Waals surface area contributed by atoms with Gasteiger partial charge in [-0.1, -0.05) is 12.8 Å².